The van der Waals surface area contributed by atoms with Gasteiger partial charge in [0.2, 0.25) is 0 Å². The fraction of sp³-hybridized carbons (Fsp3) is 0.0556. The van der Waals surface area contributed by atoms with Crippen molar-refractivity contribution in [2.75, 3.05) is 5.32 Å². The van der Waals surface area contributed by atoms with Gasteiger partial charge in [-0.3, -0.25) is 9.78 Å². The minimum absolute atomic E-state index is 0.195. The molecule has 2 heterocycles. The molecule has 0 aliphatic rings. The minimum Gasteiger partial charge on any atom is -0.322 e. The average molecular weight is 356 g/mol. The number of nitrogens with zero attached hydrogens (tertiary/aromatic N) is 2. The normalized spacial score (nSPS) is 10.4. The van der Waals surface area contributed by atoms with Gasteiger partial charge < -0.3 is 5.32 Å². The number of amides is 1. The second-order valence-corrected chi connectivity index (χ2v) is 6.37. The standard InChI is InChI=1S/C18H14ClN3OS/c19-14-5-7-15(8-6-14)22-17(23)16-4-2-10-21-18(16)24-12-13-3-1-9-20-11-13/h1-11H,12H2,(H,22,23). The van der Waals surface area contributed by atoms with Crippen molar-refractivity contribution in [2.24, 2.45) is 0 Å². The zero-order valence-corrected chi connectivity index (χ0v) is 14.2. The first-order valence-corrected chi connectivity index (χ1v) is 8.62. The number of aromatic nitrogens is 2. The van der Waals surface area contributed by atoms with Crippen LogP contribution in [0.2, 0.25) is 5.02 Å². The lowest BCUT2D eigenvalue weighted by Gasteiger charge is -2.09. The van der Waals surface area contributed by atoms with Crippen LogP contribution in [0.25, 0.3) is 0 Å². The molecule has 1 amide bonds. The third kappa shape index (κ3) is 4.34. The van der Waals surface area contributed by atoms with E-state index in [1.165, 1.54) is 11.8 Å². The Morgan fingerprint density at radius 1 is 1.08 bits per heavy atom. The smallest absolute Gasteiger partial charge is 0.258 e. The summed E-state index contributed by atoms with van der Waals surface area (Å²) in [5.74, 6) is 0.505. The molecular formula is C18H14ClN3OS. The fourth-order valence-corrected chi connectivity index (χ4v) is 3.10. The summed E-state index contributed by atoms with van der Waals surface area (Å²) in [7, 11) is 0. The molecule has 3 aromatic rings. The van der Waals surface area contributed by atoms with E-state index in [9.17, 15) is 4.79 Å². The largest absolute Gasteiger partial charge is 0.322 e. The Balaban J connectivity index is 1.73. The molecule has 0 bridgehead atoms. The highest BCUT2D eigenvalue weighted by atomic mass is 35.5. The highest BCUT2D eigenvalue weighted by Gasteiger charge is 2.13. The van der Waals surface area contributed by atoms with Gasteiger partial charge in [-0.15, -0.1) is 11.8 Å². The van der Waals surface area contributed by atoms with Crippen LogP contribution in [-0.2, 0) is 5.75 Å². The molecule has 0 saturated carbocycles. The Morgan fingerprint density at radius 3 is 2.62 bits per heavy atom. The van der Waals surface area contributed by atoms with E-state index in [1.54, 1.807) is 48.8 Å². The molecule has 1 aromatic carbocycles. The van der Waals surface area contributed by atoms with Crippen molar-refractivity contribution >= 4 is 35.0 Å². The number of thioether (sulfide) groups is 1. The van der Waals surface area contributed by atoms with Crippen LogP contribution < -0.4 is 5.32 Å². The third-order valence-electron chi connectivity index (χ3n) is 3.22. The van der Waals surface area contributed by atoms with Crippen LogP contribution in [0.3, 0.4) is 0 Å². The zero-order valence-electron chi connectivity index (χ0n) is 12.6. The quantitative estimate of drug-likeness (QED) is 0.675. The predicted octanol–water partition coefficient (Wildman–Crippen LogP) is 4.67. The summed E-state index contributed by atoms with van der Waals surface area (Å²) in [6, 6.07) is 14.4. The Morgan fingerprint density at radius 2 is 1.88 bits per heavy atom. The molecule has 4 nitrogen and oxygen atoms in total. The van der Waals surface area contributed by atoms with Crippen molar-refractivity contribution in [1.29, 1.82) is 0 Å². The van der Waals surface area contributed by atoms with Crippen LogP contribution in [0, 0.1) is 0 Å². The van der Waals surface area contributed by atoms with Crippen molar-refractivity contribution in [3.63, 3.8) is 0 Å². The summed E-state index contributed by atoms with van der Waals surface area (Å²) in [6.07, 6.45) is 5.23. The van der Waals surface area contributed by atoms with Gasteiger partial charge in [0, 0.05) is 35.1 Å². The Kier molecular flexibility index (Phi) is 5.46. The van der Waals surface area contributed by atoms with Crippen molar-refractivity contribution < 1.29 is 4.79 Å². The molecule has 2 aromatic heterocycles. The maximum atomic E-state index is 12.5. The predicted molar refractivity (Wildman–Crippen MR) is 97.4 cm³/mol. The van der Waals surface area contributed by atoms with E-state index in [2.05, 4.69) is 15.3 Å². The topological polar surface area (TPSA) is 54.9 Å². The van der Waals surface area contributed by atoms with Gasteiger partial charge in [0.1, 0.15) is 5.03 Å². The summed E-state index contributed by atoms with van der Waals surface area (Å²) >= 11 is 7.37. The lowest BCUT2D eigenvalue weighted by molar-refractivity contribution is 0.102. The van der Waals surface area contributed by atoms with Crippen LogP contribution in [0.4, 0.5) is 5.69 Å². The van der Waals surface area contributed by atoms with E-state index in [4.69, 9.17) is 11.6 Å². The number of pyridine rings is 2. The monoisotopic (exact) mass is 355 g/mol. The number of nitrogens with one attached hydrogen (secondary N) is 1. The summed E-state index contributed by atoms with van der Waals surface area (Å²) < 4.78 is 0. The van der Waals surface area contributed by atoms with Gasteiger partial charge >= 0.3 is 0 Å². The van der Waals surface area contributed by atoms with Gasteiger partial charge in [-0.2, -0.15) is 0 Å². The number of hydrogen-bond acceptors (Lipinski definition) is 4. The molecule has 0 atom stereocenters. The van der Waals surface area contributed by atoms with E-state index in [1.807, 2.05) is 18.3 Å². The van der Waals surface area contributed by atoms with Gasteiger partial charge in [0.05, 0.1) is 5.56 Å². The third-order valence-corrected chi connectivity index (χ3v) is 4.54. The number of rotatable bonds is 5. The minimum atomic E-state index is -0.195. The van der Waals surface area contributed by atoms with Crippen LogP contribution >= 0.6 is 23.4 Å². The summed E-state index contributed by atoms with van der Waals surface area (Å²) in [4.78, 5) is 20.9. The van der Waals surface area contributed by atoms with E-state index >= 15 is 0 Å². The maximum Gasteiger partial charge on any atom is 0.258 e. The highest BCUT2D eigenvalue weighted by molar-refractivity contribution is 7.98. The lowest BCUT2D eigenvalue weighted by Crippen LogP contribution is -2.13. The molecule has 24 heavy (non-hydrogen) atoms. The Labute approximate surface area is 149 Å². The van der Waals surface area contributed by atoms with Crippen molar-refractivity contribution in [3.8, 4) is 0 Å². The van der Waals surface area contributed by atoms with Gasteiger partial charge in [-0.25, -0.2) is 4.98 Å². The second kappa shape index (κ2) is 7.95. The number of carbonyl (C=O) groups is 1. The second-order valence-electron chi connectivity index (χ2n) is 4.97. The van der Waals surface area contributed by atoms with Crippen molar-refractivity contribution in [2.45, 2.75) is 10.8 Å². The first-order chi connectivity index (χ1) is 11.7. The summed E-state index contributed by atoms with van der Waals surface area (Å²) in [5, 5.41) is 4.18. The Hall–Kier alpha value is -2.37. The first-order valence-electron chi connectivity index (χ1n) is 7.26. The SMILES string of the molecule is O=C(Nc1ccc(Cl)cc1)c1cccnc1SCc1cccnc1. The molecule has 3 rings (SSSR count). The molecule has 1 N–H and O–H groups in total. The Bertz CT molecular complexity index is 825. The van der Waals surface area contributed by atoms with Gasteiger partial charge in [0.15, 0.2) is 0 Å². The number of anilines is 1. The van der Waals surface area contributed by atoms with E-state index in [-0.39, 0.29) is 5.91 Å². The highest BCUT2D eigenvalue weighted by Crippen LogP contribution is 2.25. The molecule has 0 aliphatic carbocycles. The van der Waals surface area contributed by atoms with Gasteiger partial charge in [-0.1, -0.05) is 17.7 Å². The zero-order chi connectivity index (χ0) is 16.8. The first kappa shape index (κ1) is 16.5. The number of benzene rings is 1. The molecule has 120 valence electrons. The van der Waals surface area contributed by atoms with Crippen LogP contribution in [0.5, 0.6) is 0 Å². The molecule has 0 radical (unpaired) electrons. The molecule has 0 fully saturated rings. The average Bonchev–Trinajstić information content (AvgIpc) is 2.63. The van der Waals surface area contributed by atoms with Crippen LogP contribution in [0.15, 0.2) is 72.1 Å². The van der Waals surface area contributed by atoms with Crippen molar-refractivity contribution in [3.05, 3.63) is 83.3 Å². The molecule has 0 unspecified atom stereocenters. The van der Waals surface area contributed by atoms with E-state index in [0.717, 1.165) is 5.56 Å². The summed E-state index contributed by atoms with van der Waals surface area (Å²) in [6.45, 7) is 0. The van der Waals surface area contributed by atoms with Crippen LogP contribution in [0.1, 0.15) is 15.9 Å². The summed E-state index contributed by atoms with van der Waals surface area (Å²) in [5.41, 5.74) is 2.31. The lowest BCUT2D eigenvalue weighted by atomic mass is 10.2. The molecule has 6 heteroatoms. The maximum absolute atomic E-state index is 12.5. The number of carbonyl (C=O) groups excluding carboxylic acids is 1. The number of hydrogen-bond donors (Lipinski definition) is 1. The van der Waals surface area contributed by atoms with Gasteiger partial charge in [-0.05, 0) is 48.0 Å². The van der Waals surface area contributed by atoms with E-state index < -0.39 is 0 Å². The molecule has 0 aliphatic heterocycles. The fourth-order valence-electron chi connectivity index (χ4n) is 2.05. The van der Waals surface area contributed by atoms with Crippen molar-refractivity contribution in [1.82, 2.24) is 9.97 Å². The van der Waals surface area contributed by atoms with E-state index in [0.29, 0.717) is 27.1 Å². The molecule has 0 saturated heterocycles. The molecule has 0 spiro atoms. The number of halogens is 1. The van der Waals surface area contributed by atoms with Gasteiger partial charge in [0.25, 0.3) is 5.91 Å². The molecular weight excluding hydrogens is 342 g/mol. The van der Waals surface area contributed by atoms with Crippen LogP contribution in [-0.4, -0.2) is 15.9 Å².